The largest absolute Gasteiger partial charge is 0.361 e. The topological polar surface area (TPSA) is 50.8 Å². The first-order valence-corrected chi connectivity index (χ1v) is 10.6. The first-order valence-electron chi connectivity index (χ1n) is 9.71. The van der Waals surface area contributed by atoms with Crippen molar-refractivity contribution in [3.63, 3.8) is 0 Å². The van der Waals surface area contributed by atoms with Gasteiger partial charge in [0.2, 0.25) is 5.91 Å². The van der Waals surface area contributed by atoms with E-state index in [0.717, 1.165) is 38.6 Å². The SMILES string of the molecule is CC1CCN(CC(=O)NC2CCC3(CC2)OCCO3)c2ccccc2S1. The Morgan fingerprint density at radius 2 is 1.96 bits per heavy atom. The Kier molecular flexibility index (Phi) is 5.43. The van der Waals surface area contributed by atoms with E-state index in [1.807, 2.05) is 11.8 Å². The second-order valence-electron chi connectivity index (χ2n) is 7.56. The number of anilines is 1. The summed E-state index contributed by atoms with van der Waals surface area (Å²) in [5.74, 6) is -0.244. The lowest BCUT2D eigenvalue weighted by Crippen LogP contribution is -2.47. The zero-order valence-electron chi connectivity index (χ0n) is 15.4. The molecular weight excluding hydrogens is 348 g/mol. The Morgan fingerprint density at radius 1 is 1.23 bits per heavy atom. The van der Waals surface area contributed by atoms with Crippen molar-refractivity contribution < 1.29 is 14.3 Å². The van der Waals surface area contributed by atoms with Gasteiger partial charge in [0, 0.05) is 35.6 Å². The lowest BCUT2D eigenvalue weighted by atomic mass is 9.90. The predicted molar refractivity (Wildman–Crippen MR) is 104 cm³/mol. The predicted octanol–water partition coefficient (Wildman–Crippen LogP) is 3.18. The van der Waals surface area contributed by atoms with Crippen molar-refractivity contribution in [2.45, 2.75) is 61.0 Å². The molecule has 5 nitrogen and oxygen atoms in total. The summed E-state index contributed by atoms with van der Waals surface area (Å²) in [5.41, 5.74) is 1.19. The molecule has 26 heavy (non-hydrogen) atoms. The number of nitrogens with one attached hydrogen (secondary N) is 1. The quantitative estimate of drug-likeness (QED) is 0.878. The molecule has 0 radical (unpaired) electrons. The van der Waals surface area contributed by atoms with Crippen molar-refractivity contribution in [1.29, 1.82) is 0 Å². The molecule has 2 heterocycles. The van der Waals surface area contributed by atoms with Gasteiger partial charge in [-0.3, -0.25) is 4.79 Å². The summed E-state index contributed by atoms with van der Waals surface area (Å²) in [6.45, 7) is 5.01. The minimum atomic E-state index is -0.363. The summed E-state index contributed by atoms with van der Waals surface area (Å²) >= 11 is 1.91. The van der Waals surface area contributed by atoms with Crippen LogP contribution in [0.5, 0.6) is 0 Å². The monoisotopic (exact) mass is 376 g/mol. The number of para-hydroxylation sites is 1. The number of carbonyl (C=O) groups is 1. The Bertz CT molecular complexity index is 638. The number of amides is 1. The van der Waals surface area contributed by atoms with Gasteiger partial charge in [0.25, 0.3) is 0 Å². The van der Waals surface area contributed by atoms with Crippen LogP contribution in [-0.2, 0) is 14.3 Å². The highest BCUT2D eigenvalue weighted by Gasteiger charge is 2.40. The van der Waals surface area contributed by atoms with Crippen molar-refractivity contribution in [2.75, 3.05) is 31.2 Å². The minimum Gasteiger partial charge on any atom is -0.361 e. The number of thioether (sulfide) groups is 1. The summed E-state index contributed by atoms with van der Waals surface area (Å²) in [6.07, 6.45) is 4.69. The van der Waals surface area contributed by atoms with E-state index in [9.17, 15) is 4.79 Å². The fourth-order valence-corrected chi connectivity index (χ4v) is 5.28. The van der Waals surface area contributed by atoms with Gasteiger partial charge in [0.15, 0.2) is 5.79 Å². The number of carbonyl (C=O) groups excluding carboxylic acids is 1. The van der Waals surface area contributed by atoms with Gasteiger partial charge in [-0.1, -0.05) is 19.1 Å². The van der Waals surface area contributed by atoms with Gasteiger partial charge < -0.3 is 19.7 Å². The third-order valence-electron chi connectivity index (χ3n) is 5.60. The van der Waals surface area contributed by atoms with Crippen LogP contribution in [-0.4, -0.2) is 49.3 Å². The summed E-state index contributed by atoms with van der Waals surface area (Å²) < 4.78 is 11.5. The normalized spacial score (nSPS) is 25.7. The molecule has 1 aromatic carbocycles. The molecule has 0 aromatic heterocycles. The lowest BCUT2D eigenvalue weighted by molar-refractivity contribution is -0.180. The Balaban J connectivity index is 1.33. The van der Waals surface area contributed by atoms with Crippen LogP contribution < -0.4 is 10.2 Å². The fraction of sp³-hybridized carbons (Fsp3) is 0.650. The van der Waals surface area contributed by atoms with Crippen LogP contribution in [0.1, 0.15) is 39.0 Å². The van der Waals surface area contributed by atoms with Gasteiger partial charge in [-0.15, -0.1) is 11.8 Å². The number of ether oxygens (including phenoxy) is 2. The van der Waals surface area contributed by atoms with E-state index in [0.29, 0.717) is 25.0 Å². The van der Waals surface area contributed by atoms with Gasteiger partial charge in [-0.2, -0.15) is 0 Å². The minimum absolute atomic E-state index is 0.119. The Morgan fingerprint density at radius 3 is 2.73 bits per heavy atom. The molecule has 1 amide bonds. The standard InChI is InChI=1S/C20H28N2O3S/c1-15-8-11-22(17-4-2-3-5-18(17)26-15)14-19(23)21-16-6-9-20(10-7-16)24-12-13-25-20/h2-5,15-16H,6-14H2,1H3,(H,21,23). The maximum Gasteiger partial charge on any atom is 0.239 e. The molecule has 3 aliphatic rings. The molecule has 1 aliphatic carbocycles. The molecule has 1 unspecified atom stereocenters. The van der Waals surface area contributed by atoms with Gasteiger partial charge >= 0.3 is 0 Å². The number of rotatable bonds is 3. The Hall–Kier alpha value is -1.24. The van der Waals surface area contributed by atoms with Crippen LogP contribution in [0.2, 0.25) is 0 Å². The molecule has 2 aliphatic heterocycles. The van der Waals surface area contributed by atoms with E-state index < -0.39 is 0 Å². The average molecular weight is 377 g/mol. The summed E-state index contributed by atoms with van der Waals surface area (Å²) in [5, 5.41) is 3.81. The third kappa shape index (κ3) is 4.02. The van der Waals surface area contributed by atoms with Crippen molar-refractivity contribution in [3.05, 3.63) is 24.3 Å². The number of hydrogen-bond acceptors (Lipinski definition) is 5. The zero-order valence-corrected chi connectivity index (χ0v) is 16.2. The van der Waals surface area contributed by atoms with Gasteiger partial charge in [-0.25, -0.2) is 0 Å². The second-order valence-corrected chi connectivity index (χ2v) is 9.04. The molecule has 1 aromatic rings. The lowest BCUT2D eigenvalue weighted by Gasteiger charge is -2.36. The van der Waals surface area contributed by atoms with Crippen LogP contribution in [0.3, 0.4) is 0 Å². The van der Waals surface area contributed by atoms with E-state index >= 15 is 0 Å². The molecule has 4 rings (SSSR count). The molecule has 0 bridgehead atoms. The van der Waals surface area contributed by atoms with Gasteiger partial charge in [0.05, 0.1) is 25.4 Å². The van der Waals surface area contributed by atoms with E-state index in [2.05, 4.69) is 41.4 Å². The van der Waals surface area contributed by atoms with Crippen molar-refractivity contribution in [3.8, 4) is 0 Å². The molecule has 1 atom stereocenters. The molecule has 1 saturated heterocycles. The van der Waals surface area contributed by atoms with Gasteiger partial charge in [-0.05, 0) is 31.4 Å². The summed E-state index contributed by atoms with van der Waals surface area (Å²) in [4.78, 5) is 16.2. The van der Waals surface area contributed by atoms with Crippen molar-refractivity contribution in [2.24, 2.45) is 0 Å². The highest BCUT2D eigenvalue weighted by atomic mass is 32.2. The van der Waals surface area contributed by atoms with Crippen LogP contribution in [0.15, 0.2) is 29.2 Å². The van der Waals surface area contributed by atoms with E-state index in [1.54, 1.807) is 0 Å². The maximum absolute atomic E-state index is 12.7. The molecule has 142 valence electrons. The highest BCUT2D eigenvalue weighted by molar-refractivity contribution is 8.00. The van der Waals surface area contributed by atoms with Crippen LogP contribution >= 0.6 is 11.8 Å². The number of fused-ring (bicyclic) bond motifs is 1. The molecule has 1 saturated carbocycles. The van der Waals surface area contributed by atoms with Crippen molar-refractivity contribution >= 4 is 23.4 Å². The van der Waals surface area contributed by atoms with Crippen LogP contribution in [0, 0.1) is 0 Å². The molecule has 2 fully saturated rings. The first-order chi connectivity index (χ1) is 12.6. The van der Waals surface area contributed by atoms with E-state index in [1.165, 1.54) is 10.6 Å². The molecular formula is C20H28N2O3S. The smallest absolute Gasteiger partial charge is 0.239 e. The van der Waals surface area contributed by atoms with Crippen molar-refractivity contribution in [1.82, 2.24) is 5.32 Å². The molecule has 1 spiro atoms. The Labute approximate surface area is 159 Å². The maximum atomic E-state index is 12.7. The average Bonchev–Trinajstić information content (AvgIpc) is 3.03. The summed E-state index contributed by atoms with van der Waals surface area (Å²) in [6, 6.07) is 8.66. The van der Waals surface area contributed by atoms with Gasteiger partial charge in [0.1, 0.15) is 0 Å². The van der Waals surface area contributed by atoms with Crippen LogP contribution in [0.4, 0.5) is 5.69 Å². The summed E-state index contributed by atoms with van der Waals surface area (Å²) in [7, 11) is 0. The van der Waals surface area contributed by atoms with E-state index in [-0.39, 0.29) is 17.7 Å². The number of hydrogen-bond donors (Lipinski definition) is 1. The third-order valence-corrected chi connectivity index (χ3v) is 6.84. The van der Waals surface area contributed by atoms with Crippen LogP contribution in [0.25, 0.3) is 0 Å². The number of nitrogens with zero attached hydrogens (tertiary/aromatic N) is 1. The highest BCUT2D eigenvalue weighted by Crippen LogP contribution is 2.37. The number of benzene rings is 1. The molecule has 6 heteroatoms. The second kappa shape index (κ2) is 7.79. The molecule has 1 N–H and O–H groups in total. The fourth-order valence-electron chi connectivity index (χ4n) is 4.15. The van der Waals surface area contributed by atoms with E-state index in [4.69, 9.17) is 9.47 Å². The zero-order chi connectivity index (χ0) is 18.0. The first kappa shape index (κ1) is 18.1.